The Morgan fingerprint density at radius 1 is 1.26 bits per heavy atom. The van der Waals surface area contributed by atoms with Crippen LogP contribution in [0.15, 0.2) is 35.4 Å². The second-order valence-corrected chi connectivity index (χ2v) is 10.9. The number of benzene rings is 1. The Bertz CT molecular complexity index is 1460. The molecule has 2 aliphatic carbocycles. The number of aryl methyl sites for hydroxylation is 1. The van der Waals surface area contributed by atoms with Crippen LogP contribution >= 0.6 is 0 Å². The molecule has 0 unspecified atom stereocenters. The first-order valence-electron chi connectivity index (χ1n) is 11.3. The summed E-state index contributed by atoms with van der Waals surface area (Å²) in [7, 11) is -4.47. The van der Waals surface area contributed by atoms with Crippen LogP contribution in [-0.2, 0) is 16.4 Å². The molecule has 11 heteroatoms. The highest BCUT2D eigenvalue weighted by molar-refractivity contribution is 7.89. The Kier molecular flexibility index (Phi) is 5.45. The van der Waals surface area contributed by atoms with Crippen LogP contribution in [0.4, 0.5) is 17.6 Å². The van der Waals surface area contributed by atoms with Crippen molar-refractivity contribution in [2.75, 3.05) is 0 Å². The van der Waals surface area contributed by atoms with E-state index in [1.165, 1.54) is 18.2 Å². The van der Waals surface area contributed by atoms with Gasteiger partial charge in [-0.15, -0.1) is 0 Å². The average molecular weight is 507 g/mol. The van der Waals surface area contributed by atoms with Crippen LogP contribution in [0, 0.1) is 17.1 Å². The molecule has 2 fully saturated rings. The molecule has 1 aromatic carbocycles. The normalized spacial score (nSPS) is 17.8. The van der Waals surface area contributed by atoms with Crippen molar-refractivity contribution in [3.63, 3.8) is 0 Å². The zero-order chi connectivity index (χ0) is 25.2. The molecule has 0 aliphatic heterocycles. The average Bonchev–Trinajstić information content (AvgIpc) is 3.49. The number of fused-ring (bicyclic) bond motifs is 1. The van der Waals surface area contributed by atoms with Crippen molar-refractivity contribution in [1.82, 2.24) is 14.3 Å². The fourth-order valence-corrected chi connectivity index (χ4v) is 5.99. The summed E-state index contributed by atoms with van der Waals surface area (Å²) in [6, 6.07) is 7.87. The number of rotatable bonds is 6. The fraction of sp³-hybridized carbons (Fsp3) is 0.417. The van der Waals surface area contributed by atoms with E-state index < -0.39 is 32.5 Å². The molecule has 0 spiro atoms. The number of nitriles is 1. The molecule has 2 aliphatic rings. The Hall–Kier alpha value is -2.97. The molecular formula is C24H22F4N4O2S. The van der Waals surface area contributed by atoms with E-state index in [4.69, 9.17) is 0 Å². The number of nitrogens with zero attached hydrogens (tertiary/aromatic N) is 3. The molecule has 184 valence electrons. The van der Waals surface area contributed by atoms with E-state index in [9.17, 15) is 31.2 Å². The lowest BCUT2D eigenvalue weighted by molar-refractivity contribution is -0.160. The molecule has 35 heavy (non-hydrogen) atoms. The lowest BCUT2D eigenvalue weighted by Gasteiger charge is -2.30. The van der Waals surface area contributed by atoms with Gasteiger partial charge in [-0.1, -0.05) is 6.92 Å². The van der Waals surface area contributed by atoms with Crippen molar-refractivity contribution >= 4 is 20.9 Å². The van der Waals surface area contributed by atoms with Crippen LogP contribution < -0.4 is 4.72 Å². The molecule has 0 amide bonds. The maximum atomic E-state index is 14.6. The maximum Gasteiger partial charge on any atom is 0.407 e. The number of halogens is 4. The van der Waals surface area contributed by atoms with Gasteiger partial charge in [-0.3, -0.25) is 4.98 Å². The summed E-state index contributed by atoms with van der Waals surface area (Å²) in [5.74, 6) is -0.409. The molecule has 3 aromatic rings. The minimum absolute atomic E-state index is 0.0816. The molecule has 5 rings (SSSR count). The molecule has 0 atom stereocenters. The van der Waals surface area contributed by atoms with E-state index in [-0.39, 0.29) is 24.4 Å². The summed E-state index contributed by atoms with van der Waals surface area (Å²) >= 11 is 0. The molecule has 0 saturated heterocycles. The Balaban J connectivity index is 1.60. The minimum atomic E-state index is -4.69. The predicted octanol–water partition coefficient (Wildman–Crippen LogP) is 5.37. The SMILES string of the molecule is CCc1cc2c(cc1F)c(C#N)c(-c1ccc(S(=O)(=O)NC3(C(F)(F)F)CC3)cn1)n2C1CCC1. The lowest BCUT2D eigenvalue weighted by Crippen LogP contribution is -2.47. The van der Waals surface area contributed by atoms with Gasteiger partial charge in [0.15, 0.2) is 0 Å². The molecule has 6 nitrogen and oxygen atoms in total. The fourth-order valence-electron chi connectivity index (χ4n) is 4.60. The van der Waals surface area contributed by atoms with Crippen molar-refractivity contribution in [3.05, 3.63) is 47.4 Å². The molecule has 2 saturated carbocycles. The van der Waals surface area contributed by atoms with Gasteiger partial charge in [-0.25, -0.2) is 12.8 Å². The van der Waals surface area contributed by atoms with Crippen molar-refractivity contribution in [2.24, 2.45) is 0 Å². The summed E-state index contributed by atoms with van der Waals surface area (Å²) < 4.78 is 83.4. The molecule has 2 aromatic heterocycles. The van der Waals surface area contributed by atoms with E-state index in [0.29, 0.717) is 34.3 Å². The van der Waals surface area contributed by atoms with E-state index in [2.05, 4.69) is 11.1 Å². The van der Waals surface area contributed by atoms with E-state index in [1.807, 2.05) is 11.5 Å². The molecule has 0 radical (unpaired) electrons. The number of pyridine rings is 1. The number of hydrogen-bond acceptors (Lipinski definition) is 4. The molecule has 2 heterocycles. The third kappa shape index (κ3) is 3.79. The van der Waals surface area contributed by atoms with Gasteiger partial charge in [0.1, 0.15) is 22.3 Å². The Morgan fingerprint density at radius 3 is 2.46 bits per heavy atom. The highest BCUT2D eigenvalue weighted by Crippen LogP contribution is 2.50. The Morgan fingerprint density at radius 2 is 1.97 bits per heavy atom. The largest absolute Gasteiger partial charge is 0.407 e. The predicted molar refractivity (Wildman–Crippen MR) is 120 cm³/mol. The van der Waals surface area contributed by atoms with Gasteiger partial charge >= 0.3 is 6.18 Å². The number of sulfonamides is 1. The van der Waals surface area contributed by atoms with Crippen LogP contribution in [0.5, 0.6) is 0 Å². The van der Waals surface area contributed by atoms with Gasteiger partial charge in [0.05, 0.1) is 22.5 Å². The van der Waals surface area contributed by atoms with E-state index in [0.717, 1.165) is 25.5 Å². The number of nitrogens with one attached hydrogen (secondary N) is 1. The lowest BCUT2D eigenvalue weighted by atomic mass is 9.92. The first-order chi connectivity index (χ1) is 16.5. The van der Waals surface area contributed by atoms with Gasteiger partial charge in [-0.05, 0) is 68.4 Å². The van der Waals surface area contributed by atoms with Crippen LogP contribution in [0.3, 0.4) is 0 Å². The molecule has 1 N–H and O–H groups in total. The number of aromatic nitrogens is 2. The zero-order valence-corrected chi connectivity index (χ0v) is 19.6. The molecular weight excluding hydrogens is 484 g/mol. The summed E-state index contributed by atoms with van der Waals surface area (Å²) in [4.78, 5) is 3.83. The van der Waals surface area contributed by atoms with Crippen LogP contribution in [-0.4, -0.2) is 29.7 Å². The van der Waals surface area contributed by atoms with Gasteiger partial charge in [-0.2, -0.15) is 23.2 Å². The maximum absolute atomic E-state index is 14.6. The topological polar surface area (TPSA) is 87.8 Å². The van der Waals surface area contributed by atoms with Gasteiger partial charge in [0.2, 0.25) is 10.0 Å². The highest BCUT2D eigenvalue weighted by atomic mass is 32.2. The number of hydrogen-bond donors (Lipinski definition) is 1. The zero-order valence-electron chi connectivity index (χ0n) is 18.8. The summed E-state index contributed by atoms with van der Waals surface area (Å²) in [5, 5.41) is 10.4. The summed E-state index contributed by atoms with van der Waals surface area (Å²) in [6.07, 6.45) is -1.10. The smallest absolute Gasteiger partial charge is 0.335 e. The third-order valence-electron chi connectivity index (χ3n) is 7.02. The van der Waals surface area contributed by atoms with Crippen molar-refractivity contribution in [3.8, 4) is 17.5 Å². The van der Waals surface area contributed by atoms with E-state index in [1.54, 1.807) is 10.8 Å². The summed E-state index contributed by atoms with van der Waals surface area (Å²) in [6.45, 7) is 1.84. The third-order valence-corrected chi connectivity index (χ3v) is 8.54. The first-order valence-corrected chi connectivity index (χ1v) is 12.8. The standard InChI is InChI=1S/C24H22F4N4O2S/c1-2-14-10-21-17(11-19(14)25)18(12-29)22(32(21)15-4-3-5-15)20-7-6-16(13-30-20)35(33,34)31-23(8-9-23)24(26,27)28/h6-7,10-11,13,15,31H,2-5,8-9H2,1H3. The second-order valence-electron chi connectivity index (χ2n) is 9.17. The van der Waals surface area contributed by atoms with Crippen molar-refractivity contribution in [2.45, 2.75) is 68.1 Å². The quantitative estimate of drug-likeness (QED) is 0.455. The van der Waals surface area contributed by atoms with Crippen LogP contribution in [0.2, 0.25) is 0 Å². The van der Waals surface area contributed by atoms with Crippen LogP contribution in [0.25, 0.3) is 22.3 Å². The van der Waals surface area contributed by atoms with E-state index >= 15 is 0 Å². The monoisotopic (exact) mass is 506 g/mol. The Labute approximate surface area is 199 Å². The van der Waals surface area contributed by atoms with Gasteiger partial charge < -0.3 is 4.57 Å². The van der Waals surface area contributed by atoms with Gasteiger partial charge in [0, 0.05) is 17.6 Å². The molecule has 0 bridgehead atoms. The van der Waals surface area contributed by atoms with Gasteiger partial charge in [0.25, 0.3) is 0 Å². The second kappa shape index (κ2) is 8.03. The van der Waals surface area contributed by atoms with Crippen LogP contribution in [0.1, 0.15) is 56.2 Å². The highest BCUT2D eigenvalue weighted by Gasteiger charge is 2.65. The van der Waals surface area contributed by atoms with Crippen molar-refractivity contribution in [1.29, 1.82) is 5.26 Å². The minimum Gasteiger partial charge on any atom is -0.335 e. The first kappa shape index (κ1) is 23.8. The summed E-state index contributed by atoms with van der Waals surface area (Å²) in [5.41, 5.74) is -0.240. The van der Waals surface area contributed by atoms with Crippen molar-refractivity contribution < 1.29 is 26.0 Å². The number of alkyl halides is 3.